The molecule has 0 bridgehead atoms. The van der Waals surface area contributed by atoms with Gasteiger partial charge in [0.2, 0.25) is 5.91 Å². The number of carbonyl (C=O) groups is 1. The summed E-state index contributed by atoms with van der Waals surface area (Å²) in [4.78, 5) is 15.8. The van der Waals surface area contributed by atoms with Crippen LogP contribution in [-0.2, 0) is 4.79 Å². The molecule has 2 saturated heterocycles. The highest BCUT2D eigenvalue weighted by molar-refractivity contribution is 5.73. The summed E-state index contributed by atoms with van der Waals surface area (Å²) in [5, 5.41) is 3.80. The second kappa shape index (κ2) is 6.53. The standard InChI is InChI=1S/C14H27N3O/c1-3-16-8-4-13(5-9-16)15-14-6-10-17(11-7-14)12(2)18/h13-15H,3-11H2,1-2H3. The summed E-state index contributed by atoms with van der Waals surface area (Å²) in [6, 6.07) is 1.32. The number of likely N-dealkylation sites (tertiary alicyclic amines) is 2. The molecular formula is C14H27N3O. The van der Waals surface area contributed by atoms with E-state index in [0.29, 0.717) is 12.1 Å². The van der Waals surface area contributed by atoms with Crippen molar-refractivity contribution in [3.8, 4) is 0 Å². The molecule has 18 heavy (non-hydrogen) atoms. The number of nitrogens with zero attached hydrogens (tertiary/aromatic N) is 2. The zero-order valence-electron chi connectivity index (χ0n) is 11.8. The van der Waals surface area contributed by atoms with Crippen LogP contribution in [-0.4, -0.2) is 60.5 Å². The lowest BCUT2D eigenvalue weighted by atomic mass is 9.99. The Morgan fingerprint density at radius 1 is 1.06 bits per heavy atom. The maximum absolute atomic E-state index is 11.3. The molecule has 0 radical (unpaired) electrons. The van der Waals surface area contributed by atoms with Crippen LogP contribution in [0.25, 0.3) is 0 Å². The molecule has 4 nitrogen and oxygen atoms in total. The highest BCUT2D eigenvalue weighted by atomic mass is 16.2. The number of nitrogens with one attached hydrogen (secondary N) is 1. The van der Waals surface area contributed by atoms with Gasteiger partial charge >= 0.3 is 0 Å². The molecule has 2 rings (SSSR count). The molecule has 0 spiro atoms. The summed E-state index contributed by atoms with van der Waals surface area (Å²) in [6.07, 6.45) is 4.79. The zero-order chi connectivity index (χ0) is 13.0. The fraction of sp³-hybridized carbons (Fsp3) is 0.929. The second-order valence-electron chi connectivity index (χ2n) is 5.66. The van der Waals surface area contributed by atoms with Gasteiger partial charge in [-0.2, -0.15) is 0 Å². The van der Waals surface area contributed by atoms with Gasteiger partial charge in [-0.05, 0) is 45.3 Å². The van der Waals surface area contributed by atoms with E-state index in [1.165, 1.54) is 32.5 Å². The Hall–Kier alpha value is -0.610. The van der Waals surface area contributed by atoms with Crippen LogP contribution in [0, 0.1) is 0 Å². The molecule has 0 aromatic heterocycles. The average Bonchev–Trinajstić information content (AvgIpc) is 2.40. The van der Waals surface area contributed by atoms with E-state index in [-0.39, 0.29) is 5.91 Å². The number of hydrogen-bond donors (Lipinski definition) is 1. The van der Waals surface area contributed by atoms with Crippen molar-refractivity contribution in [2.45, 2.75) is 51.6 Å². The quantitative estimate of drug-likeness (QED) is 0.817. The van der Waals surface area contributed by atoms with Gasteiger partial charge in [0, 0.05) is 32.1 Å². The van der Waals surface area contributed by atoms with Gasteiger partial charge in [-0.1, -0.05) is 6.92 Å². The van der Waals surface area contributed by atoms with Crippen LogP contribution in [0.1, 0.15) is 39.5 Å². The first-order chi connectivity index (χ1) is 8.69. The van der Waals surface area contributed by atoms with Crippen molar-refractivity contribution < 1.29 is 4.79 Å². The van der Waals surface area contributed by atoms with Crippen molar-refractivity contribution in [1.82, 2.24) is 15.1 Å². The van der Waals surface area contributed by atoms with Crippen LogP contribution in [0.2, 0.25) is 0 Å². The average molecular weight is 253 g/mol. The Morgan fingerprint density at radius 2 is 1.56 bits per heavy atom. The van der Waals surface area contributed by atoms with Gasteiger partial charge in [0.15, 0.2) is 0 Å². The van der Waals surface area contributed by atoms with Crippen LogP contribution < -0.4 is 5.32 Å². The molecule has 1 N–H and O–H groups in total. The van der Waals surface area contributed by atoms with E-state index in [0.717, 1.165) is 25.9 Å². The molecule has 0 aromatic rings. The van der Waals surface area contributed by atoms with Crippen LogP contribution >= 0.6 is 0 Å². The number of rotatable bonds is 3. The molecule has 0 unspecified atom stereocenters. The third-order valence-electron chi connectivity index (χ3n) is 4.45. The molecule has 1 amide bonds. The Morgan fingerprint density at radius 3 is 2.00 bits per heavy atom. The number of piperidine rings is 2. The maximum Gasteiger partial charge on any atom is 0.219 e. The van der Waals surface area contributed by atoms with Gasteiger partial charge in [0.05, 0.1) is 0 Å². The number of hydrogen-bond acceptors (Lipinski definition) is 3. The van der Waals surface area contributed by atoms with Gasteiger partial charge in [0.25, 0.3) is 0 Å². The lowest BCUT2D eigenvalue weighted by Crippen LogP contribution is -2.50. The molecule has 104 valence electrons. The number of amides is 1. The van der Waals surface area contributed by atoms with E-state index in [9.17, 15) is 4.79 Å². The molecule has 0 atom stereocenters. The topological polar surface area (TPSA) is 35.6 Å². The van der Waals surface area contributed by atoms with Crippen LogP contribution in [0.3, 0.4) is 0 Å². The molecule has 2 aliphatic heterocycles. The fourth-order valence-corrected chi connectivity index (χ4v) is 3.11. The van der Waals surface area contributed by atoms with Crippen molar-refractivity contribution in [1.29, 1.82) is 0 Å². The van der Waals surface area contributed by atoms with Gasteiger partial charge in [-0.15, -0.1) is 0 Å². The molecule has 2 aliphatic rings. The minimum atomic E-state index is 0.227. The van der Waals surface area contributed by atoms with Crippen molar-refractivity contribution in [3.63, 3.8) is 0 Å². The van der Waals surface area contributed by atoms with E-state index >= 15 is 0 Å². The van der Waals surface area contributed by atoms with Crippen molar-refractivity contribution >= 4 is 5.91 Å². The van der Waals surface area contributed by atoms with Crippen LogP contribution in [0.5, 0.6) is 0 Å². The first-order valence-electron chi connectivity index (χ1n) is 7.43. The van der Waals surface area contributed by atoms with E-state index in [2.05, 4.69) is 17.1 Å². The van der Waals surface area contributed by atoms with Gasteiger partial charge < -0.3 is 15.1 Å². The largest absolute Gasteiger partial charge is 0.343 e. The monoisotopic (exact) mass is 253 g/mol. The van der Waals surface area contributed by atoms with Crippen molar-refractivity contribution in [3.05, 3.63) is 0 Å². The lowest BCUT2D eigenvalue weighted by Gasteiger charge is -2.37. The SMILES string of the molecule is CCN1CCC(NC2CCN(C(C)=O)CC2)CC1. The van der Waals surface area contributed by atoms with Crippen LogP contribution in [0.4, 0.5) is 0 Å². The molecule has 2 heterocycles. The highest BCUT2D eigenvalue weighted by Crippen LogP contribution is 2.15. The molecular weight excluding hydrogens is 226 g/mol. The minimum absolute atomic E-state index is 0.227. The third kappa shape index (κ3) is 3.69. The fourth-order valence-electron chi connectivity index (χ4n) is 3.11. The van der Waals surface area contributed by atoms with E-state index in [4.69, 9.17) is 0 Å². The first-order valence-corrected chi connectivity index (χ1v) is 7.43. The predicted octanol–water partition coefficient (Wildman–Crippen LogP) is 1.07. The summed E-state index contributed by atoms with van der Waals surface area (Å²) in [5.41, 5.74) is 0. The Balaban J connectivity index is 1.67. The Bertz CT molecular complexity index is 266. The summed E-state index contributed by atoms with van der Waals surface area (Å²) < 4.78 is 0. The second-order valence-corrected chi connectivity index (χ2v) is 5.66. The normalized spacial score (nSPS) is 24.4. The third-order valence-corrected chi connectivity index (χ3v) is 4.45. The van der Waals surface area contributed by atoms with Crippen molar-refractivity contribution in [2.24, 2.45) is 0 Å². The first kappa shape index (κ1) is 13.8. The maximum atomic E-state index is 11.3. The van der Waals surface area contributed by atoms with Gasteiger partial charge in [-0.25, -0.2) is 0 Å². The summed E-state index contributed by atoms with van der Waals surface area (Å²) in [7, 11) is 0. The molecule has 0 saturated carbocycles. The summed E-state index contributed by atoms with van der Waals surface area (Å²) >= 11 is 0. The van der Waals surface area contributed by atoms with E-state index < -0.39 is 0 Å². The molecule has 2 fully saturated rings. The number of carbonyl (C=O) groups excluding carboxylic acids is 1. The van der Waals surface area contributed by atoms with E-state index in [1.807, 2.05) is 4.90 Å². The molecule has 4 heteroatoms. The zero-order valence-corrected chi connectivity index (χ0v) is 11.8. The predicted molar refractivity (Wildman–Crippen MR) is 73.5 cm³/mol. The van der Waals surface area contributed by atoms with E-state index in [1.54, 1.807) is 6.92 Å². The summed E-state index contributed by atoms with van der Waals surface area (Å²) in [6.45, 7) is 9.44. The molecule has 0 aromatic carbocycles. The van der Waals surface area contributed by atoms with Gasteiger partial charge in [0.1, 0.15) is 0 Å². The summed E-state index contributed by atoms with van der Waals surface area (Å²) in [5.74, 6) is 0.227. The highest BCUT2D eigenvalue weighted by Gasteiger charge is 2.24. The smallest absolute Gasteiger partial charge is 0.219 e. The Kier molecular flexibility index (Phi) is 5.01. The Labute approximate surface area is 111 Å². The van der Waals surface area contributed by atoms with Crippen LogP contribution in [0.15, 0.2) is 0 Å². The minimum Gasteiger partial charge on any atom is -0.343 e. The lowest BCUT2D eigenvalue weighted by molar-refractivity contribution is -0.129. The van der Waals surface area contributed by atoms with Gasteiger partial charge in [-0.3, -0.25) is 4.79 Å². The molecule has 0 aliphatic carbocycles. The van der Waals surface area contributed by atoms with Crippen molar-refractivity contribution in [2.75, 3.05) is 32.7 Å².